The van der Waals surface area contributed by atoms with Gasteiger partial charge >= 0.3 is 0 Å². The molecule has 0 rings (SSSR count). The van der Waals surface area contributed by atoms with E-state index in [0.717, 1.165) is 6.42 Å². The zero-order valence-electron chi connectivity index (χ0n) is 7.39. The first-order chi connectivity index (χ1) is 4.68. The van der Waals surface area contributed by atoms with Crippen molar-refractivity contribution in [2.75, 3.05) is 14.1 Å². The maximum absolute atomic E-state index is 2.15. The molecule has 1 heteroatoms. The van der Waals surface area contributed by atoms with Crippen molar-refractivity contribution in [2.24, 2.45) is 0 Å². The Morgan fingerprint density at radius 2 is 2.00 bits per heavy atom. The van der Waals surface area contributed by atoms with E-state index in [2.05, 4.69) is 37.0 Å². The molecule has 0 aromatic heterocycles. The number of hydrogen-bond acceptors (Lipinski definition) is 1. The summed E-state index contributed by atoms with van der Waals surface area (Å²) in [4.78, 5) is 2.10. The Hall–Kier alpha value is -0.720. The third-order valence-electron chi connectivity index (χ3n) is 1.41. The van der Waals surface area contributed by atoms with Gasteiger partial charge in [-0.3, -0.25) is 0 Å². The molecule has 0 aromatic carbocycles. The van der Waals surface area contributed by atoms with Crippen LogP contribution in [-0.2, 0) is 0 Å². The second kappa shape index (κ2) is 5.10. The predicted molar refractivity (Wildman–Crippen MR) is 46.9 cm³/mol. The van der Waals surface area contributed by atoms with Gasteiger partial charge in [0.15, 0.2) is 0 Å². The summed E-state index contributed by atoms with van der Waals surface area (Å²) >= 11 is 0. The van der Waals surface area contributed by atoms with E-state index in [9.17, 15) is 0 Å². The number of rotatable bonds is 3. The molecule has 0 heterocycles. The molecule has 0 fully saturated rings. The van der Waals surface area contributed by atoms with Crippen LogP contribution in [0.1, 0.15) is 20.3 Å². The Bertz CT molecular complexity index is 132. The van der Waals surface area contributed by atoms with Crippen molar-refractivity contribution in [3.63, 3.8) is 0 Å². The zero-order chi connectivity index (χ0) is 7.98. The average molecular weight is 139 g/mol. The first-order valence-corrected chi connectivity index (χ1v) is 3.69. The van der Waals surface area contributed by atoms with Gasteiger partial charge in [-0.05, 0) is 19.4 Å². The molecule has 1 nitrogen and oxygen atoms in total. The Morgan fingerprint density at radius 1 is 1.40 bits per heavy atom. The standard InChI is InChI=1S/C9H17N/c1-5-6-7-8-9(2)10(3)4/h6-8H,5H2,1-4H3/b7-6+,9-8-. The van der Waals surface area contributed by atoms with E-state index < -0.39 is 0 Å². The van der Waals surface area contributed by atoms with Crippen molar-refractivity contribution in [3.8, 4) is 0 Å². The van der Waals surface area contributed by atoms with Gasteiger partial charge in [-0.25, -0.2) is 0 Å². The molecular weight excluding hydrogens is 122 g/mol. The Kier molecular flexibility index (Phi) is 4.73. The smallest absolute Gasteiger partial charge is 0.00957 e. The minimum Gasteiger partial charge on any atom is -0.381 e. The fourth-order valence-corrected chi connectivity index (χ4v) is 0.492. The van der Waals surface area contributed by atoms with Crippen LogP contribution in [0.3, 0.4) is 0 Å². The lowest BCUT2D eigenvalue weighted by Gasteiger charge is -2.10. The topological polar surface area (TPSA) is 3.24 Å². The van der Waals surface area contributed by atoms with Crippen molar-refractivity contribution < 1.29 is 0 Å². The van der Waals surface area contributed by atoms with Crippen molar-refractivity contribution in [3.05, 3.63) is 23.9 Å². The van der Waals surface area contributed by atoms with E-state index in [4.69, 9.17) is 0 Å². The highest BCUT2D eigenvalue weighted by Crippen LogP contribution is 1.95. The van der Waals surface area contributed by atoms with E-state index in [1.165, 1.54) is 5.70 Å². The summed E-state index contributed by atoms with van der Waals surface area (Å²) < 4.78 is 0. The van der Waals surface area contributed by atoms with Gasteiger partial charge in [0.1, 0.15) is 0 Å². The van der Waals surface area contributed by atoms with Crippen LogP contribution in [0.5, 0.6) is 0 Å². The van der Waals surface area contributed by atoms with Crippen LogP contribution in [0, 0.1) is 0 Å². The maximum atomic E-state index is 2.15. The summed E-state index contributed by atoms with van der Waals surface area (Å²) in [5, 5.41) is 0. The van der Waals surface area contributed by atoms with E-state index >= 15 is 0 Å². The SMILES string of the molecule is CC/C=C/C=C(/C)N(C)C. The summed E-state index contributed by atoms with van der Waals surface area (Å²) in [7, 11) is 4.09. The predicted octanol–water partition coefficient (Wildman–Crippen LogP) is 2.42. The number of hydrogen-bond donors (Lipinski definition) is 0. The van der Waals surface area contributed by atoms with Crippen LogP contribution in [0.4, 0.5) is 0 Å². The lowest BCUT2D eigenvalue weighted by Crippen LogP contribution is -2.07. The molecule has 0 spiro atoms. The van der Waals surface area contributed by atoms with Gasteiger partial charge < -0.3 is 4.90 Å². The fourth-order valence-electron chi connectivity index (χ4n) is 0.492. The third-order valence-corrected chi connectivity index (χ3v) is 1.41. The highest BCUT2D eigenvalue weighted by Gasteiger charge is 1.85. The third kappa shape index (κ3) is 4.19. The maximum Gasteiger partial charge on any atom is 0.00957 e. The van der Waals surface area contributed by atoms with E-state index in [0.29, 0.717) is 0 Å². The van der Waals surface area contributed by atoms with Crippen molar-refractivity contribution in [2.45, 2.75) is 20.3 Å². The largest absolute Gasteiger partial charge is 0.381 e. The Morgan fingerprint density at radius 3 is 2.40 bits per heavy atom. The van der Waals surface area contributed by atoms with Crippen LogP contribution in [-0.4, -0.2) is 19.0 Å². The molecule has 0 saturated heterocycles. The van der Waals surface area contributed by atoms with Gasteiger partial charge in [0.05, 0.1) is 0 Å². The molecule has 0 unspecified atom stereocenters. The summed E-state index contributed by atoms with van der Waals surface area (Å²) in [6, 6.07) is 0. The van der Waals surface area contributed by atoms with Gasteiger partial charge in [-0.2, -0.15) is 0 Å². The van der Waals surface area contributed by atoms with Crippen molar-refractivity contribution >= 4 is 0 Å². The van der Waals surface area contributed by atoms with Crippen LogP contribution in [0.2, 0.25) is 0 Å². The first-order valence-electron chi connectivity index (χ1n) is 3.69. The second-order valence-corrected chi connectivity index (χ2v) is 2.54. The molecule has 0 saturated carbocycles. The molecular formula is C9H17N. The summed E-state index contributed by atoms with van der Waals surface area (Å²) in [6.07, 6.45) is 7.46. The minimum atomic E-state index is 1.11. The van der Waals surface area contributed by atoms with Gasteiger partial charge in [-0.1, -0.05) is 19.1 Å². The molecule has 0 radical (unpaired) electrons. The number of allylic oxidation sites excluding steroid dienone is 4. The molecule has 0 aromatic rings. The van der Waals surface area contributed by atoms with Crippen molar-refractivity contribution in [1.82, 2.24) is 4.90 Å². The summed E-state index contributed by atoms with van der Waals surface area (Å²) in [5.41, 5.74) is 1.28. The van der Waals surface area contributed by atoms with E-state index in [1.807, 2.05) is 14.1 Å². The van der Waals surface area contributed by atoms with E-state index in [1.54, 1.807) is 0 Å². The van der Waals surface area contributed by atoms with Crippen LogP contribution in [0.15, 0.2) is 23.9 Å². The van der Waals surface area contributed by atoms with Gasteiger partial charge in [0.25, 0.3) is 0 Å². The molecule has 0 aliphatic heterocycles. The first kappa shape index (κ1) is 9.28. The quantitative estimate of drug-likeness (QED) is 0.543. The molecule has 0 N–H and O–H groups in total. The summed E-state index contributed by atoms with van der Waals surface area (Å²) in [6.45, 7) is 4.23. The van der Waals surface area contributed by atoms with Gasteiger partial charge in [-0.15, -0.1) is 0 Å². The van der Waals surface area contributed by atoms with Gasteiger partial charge in [0, 0.05) is 19.8 Å². The highest BCUT2D eigenvalue weighted by atomic mass is 15.1. The van der Waals surface area contributed by atoms with Crippen molar-refractivity contribution in [1.29, 1.82) is 0 Å². The molecule has 0 aliphatic carbocycles. The minimum absolute atomic E-state index is 1.11. The van der Waals surface area contributed by atoms with Gasteiger partial charge in [0.2, 0.25) is 0 Å². The molecule has 0 bridgehead atoms. The lowest BCUT2D eigenvalue weighted by molar-refractivity contribution is 0.514. The zero-order valence-corrected chi connectivity index (χ0v) is 7.39. The second-order valence-electron chi connectivity index (χ2n) is 2.54. The summed E-state index contributed by atoms with van der Waals surface area (Å²) in [5.74, 6) is 0. The van der Waals surface area contributed by atoms with E-state index in [-0.39, 0.29) is 0 Å². The van der Waals surface area contributed by atoms with Crippen LogP contribution in [0.25, 0.3) is 0 Å². The lowest BCUT2D eigenvalue weighted by atomic mass is 10.3. The number of nitrogens with zero attached hydrogens (tertiary/aromatic N) is 1. The molecule has 58 valence electrons. The van der Waals surface area contributed by atoms with Crippen LogP contribution < -0.4 is 0 Å². The Labute approximate surface area is 64.0 Å². The monoisotopic (exact) mass is 139 g/mol. The Balaban J connectivity index is 3.79. The highest BCUT2D eigenvalue weighted by molar-refractivity contribution is 5.08. The molecule has 0 amide bonds. The average Bonchev–Trinajstić information content (AvgIpc) is 1.88. The molecule has 10 heavy (non-hydrogen) atoms. The normalized spacial score (nSPS) is 12.6. The fraction of sp³-hybridized carbons (Fsp3) is 0.556. The van der Waals surface area contributed by atoms with Crippen LogP contribution >= 0.6 is 0 Å². The molecule has 0 atom stereocenters. The molecule has 0 aliphatic rings.